The van der Waals surface area contributed by atoms with Gasteiger partial charge in [0.05, 0.1) is 0 Å². The van der Waals surface area contributed by atoms with Crippen LogP contribution < -0.4 is 5.73 Å². The Hall–Kier alpha value is -0.810. The summed E-state index contributed by atoms with van der Waals surface area (Å²) in [6.45, 7) is 3.67. The number of piperidine rings is 1. The number of amides is 1. The first-order valence-electron chi connectivity index (χ1n) is 6.98. The number of nitrogens with two attached hydrogens (primary N) is 1. The molecule has 5 heteroatoms. The summed E-state index contributed by atoms with van der Waals surface area (Å²) >= 11 is 3.48. The Morgan fingerprint density at radius 3 is 2.79 bits per heavy atom. The molecule has 2 unspecified atom stereocenters. The van der Waals surface area contributed by atoms with Crippen molar-refractivity contribution in [1.29, 1.82) is 0 Å². The maximum absolute atomic E-state index is 12.7. The summed E-state index contributed by atoms with van der Waals surface area (Å²) < 4.78 is 3.12. The third-order valence-electron chi connectivity index (χ3n) is 4.23. The summed E-state index contributed by atoms with van der Waals surface area (Å²) in [5.41, 5.74) is 6.84. The van der Waals surface area contributed by atoms with Crippen LogP contribution in [-0.2, 0) is 0 Å². The molecule has 2 N–H and O–H groups in total. The molecule has 0 spiro atoms. The van der Waals surface area contributed by atoms with Crippen molar-refractivity contribution in [1.82, 2.24) is 9.47 Å². The summed E-state index contributed by atoms with van der Waals surface area (Å²) in [6, 6.07) is 2.69. The molecule has 1 aliphatic carbocycles. The molecule has 0 radical (unpaired) electrons. The van der Waals surface area contributed by atoms with Crippen LogP contribution in [-0.4, -0.2) is 34.5 Å². The standard InChI is InChI=1S/C14H20BrN3O/c1-9-7-17(5-4-12(9)16)14(19)13-6-10(15)8-18(13)11-2-3-11/h6,8-9,11-12H,2-5,7,16H2,1H3. The molecule has 2 aliphatic rings. The van der Waals surface area contributed by atoms with Crippen molar-refractivity contribution in [3.8, 4) is 0 Å². The van der Waals surface area contributed by atoms with Gasteiger partial charge in [0.15, 0.2) is 0 Å². The molecule has 2 fully saturated rings. The van der Waals surface area contributed by atoms with E-state index in [2.05, 4.69) is 27.4 Å². The number of carbonyl (C=O) groups is 1. The van der Waals surface area contributed by atoms with E-state index in [1.54, 1.807) is 0 Å². The molecular weight excluding hydrogens is 306 g/mol. The lowest BCUT2D eigenvalue weighted by Crippen LogP contribution is -2.48. The van der Waals surface area contributed by atoms with Crippen LogP contribution in [0, 0.1) is 5.92 Å². The Morgan fingerprint density at radius 1 is 1.42 bits per heavy atom. The van der Waals surface area contributed by atoms with Crippen molar-refractivity contribution in [3.05, 3.63) is 22.4 Å². The van der Waals surface area contributed by atoms with Crippen LogP contribution in [0.5, 0.6) is 0 Å². The van der Waals surface area contributed by atoms with Gasteiger partial charge in [0.2, 0.25) is 0 Å². The average Bonchev–Trinajstić information content (AvgIpc) is 3.15. The SMILES string of the molecule is CC1CN(C(=O)c2cc(Br)cn2C2CC2)CCC1N. The normalized spacial score (nSPS) is 27.6. The fourth-order valence-electron chi connectivity index (χ4n) is 2.78. The summed E-state index contributed by atoms with van der Waals surface area (Å²) in [6.07, 6.45) is 5.30. The topological polar surface area (TPSA) is 51.3 Å². The molecule has 0 aromatic carbocycles. The minimum Gasteiger partial charge on any atom is -0.339 e. The maximum Gasteiger partial charge on any atom is 0.270 e. The molecule has 1 aromatic rings. The van der Waals surface area contributed by atoms with E-state index in [1.807, 2.05) is 17.2 Å². The fourth-order valence-corrected chi connectivity index (χ4v) is 3.22. The number of carbonyl (C=O) groups excluding carboxylic acids is 1. The first-order valence-corrected chi connectivity index (χ1v) is 7.78. The van der Waals surface area contributed by atoms with Gasteiger partial charge in [-0.15, -0.1) is 0 Å². The van der Waals surface area contributed by atoms with E-state index in [4.69, 9.17) is 5.73 Å². The molecule has 19 heavy (non-hydrogen) atoms. The highest BCUT2D eigenvalue weighted by Crippen LogP contribution is 2.38. The van der Waals surface area contributed by atoms with Gasteiger partial charge in [-0.1, -0.05) is 6.92 Å². The lowest BCUT2D eigenvalue weighted by atomic mass is 9.94. The molecule has 2 atom stereocenters. The van der Waals surface area contributed by atoms with Crippen molar-refractivity contribution < 1.29 is 4.79 Å². The highest BCUT2D eigenvalue weighted by atomic mass is 79.9. The van der Waals surface area contributed by atoms with Crippen molar-refractivity contribution in [2.75, 3.05) is 13.1 Å². The number of likely N-dealkylation sites (tertiary alicyclic amines) is 1. The average molecular weight is 326 g/mol. The molecule has 1 aromatic heterocycles. The van der Waals surface area contributed by atoms with E-state index < -0.39 is 0 Å². The van der Waals surface area contributed by atoms with Gasteiger partial charge in [-0.25, -0.2) is 0 Å². The van der Waals surface area contributed by atoms with Crippen LogP contribution in [0.1, 0.15) is 42.7 Å². The second kappa shape index (κ2) is 4.94. The second-order valence-electron chi connectivity index (χ2n) is 5.86. The predicted molar refractivity (Wildman–Crippen MR) is 78.1 cm³/mol. The van der Waals surface area contributed by atoms with Gasteiger partial charge in [0.1, 0.15) is 5.69 Å². The number of hydrogen-bond donors (Lipinski definition) is 1. The lowest BCUT2D eigenvalue weighted by Gasteiger charge is -2.35. The first kappa shape index (κ1) is 13.2. The van der Waals surface area contributed by atoms with Gasteiger partial charge < -0.3 is 15.2 Å². The van der Waals surface area contributed by atoms with Crippen LogP contribution in [0.25, 0.3) is 0 Å². The molecule has 1 amide bonds. The van der Waals surface area contributed by atoms with E-state index in [0.29, 0.717) is 12.0 Å². The zero-order valence-electron chi connectivity index (χ0n) is 11.2. The van der Waals surface area contributed by atoms with E-state index in [0.717, 1.165) is 29.7 Å². The molecule has 1 saturated carbocycles. The molecule has 0 bridgehead atoms. The molecule has 104 valence electrons. The lowest BCUT2D eigenvalue weighted by molar-refractivity contribution is 0.0653. The third-order valence-corrected chi connectivity index (χ3v) is 4.67. The molecule has 1 saturated heterocycles. The Labute approximate surface area is 122 Å². The minimum absolute atomic E-state index is 0.149. The van der Waals surface area contributed by atoms with Gasteiger partial charge in [0, 0.05) is 35.8 Å². The first-order chi connectivity index (χ1) is 9.06. The molecule has 1 aliphatic heterocycles. The zero-order valence-corrected chi connectivity index (χ0v) is 12.8. The number of hydrogen-bond acceptors (Lipinski definition) is 2. The summed E-state index contributed by atoms with van der Waals surface area (Å²) in [7, 11) is 0. The quantitative estimate of drug-likeness (QED) is 0.907. The minimum atomic E-state index is 0.149. The van der Waals surface area contributed by atoms with E-state index in [-0.39, 0.29) is 11.9 Å². The third kappa shape index (κ3) is 2.58. The van der Waals surface area contributed by atoms with Crippen molar-refractivity contribution in [3.63, 3.8) is 0 Å². The van der Waals surface area contributed by atoms with Gasteiger partial charge in [-0.2, -0.15) is 0 Å². The largest absolute Gasteiger partial charge is 0.339 e. The molecular formula is C14H20BrN3O. The summed E-state index contributed by atoms with van der Waals surface area (Å²) in [5.74, 6) is 0.529. The number of rotatable bonds is 2. The molecule has 3 rings (SSSR count). The van der Waals surface area contributed by atoms with Crippen molar-refractivity contribution in [2.45, 2.75) is 38.3 Å². The van der Waals surface area contributed by atoms with Crippen LogP contribution in [0.2, 0.25) is 0 Å². The van der Waals surface area contributed by atoms with Gasteiger partial charge in [-0.05, 0) is 47.2 Å². The summed E-state index contributed by atoms with van der Waals surface area (Å²) in [5, 5.41) is 0. The monoisotopic (exact) mass is 325 g/mol. The van der Waals surface area contributed by atoms with Crippen molar-refractivity contribution in [2.24, 2.45) is 11.7 Å². The highest BCUT2D eigenvalue weighted by molar-refractivity contribution is 9.10. The Balaban J connectivity index is 1.80. The highest BCUT2D eigenvalue weighted by Gasteiger charge is 2.32. The van der Waals surface area contributed by atoms with E-state index in [1.165, 1.54) is 12.8 Å². The molecule has 2 heterocycles. The van der Waals surface area contributed by atoms with Gasteiger partial charge >= 0.3 is 0 Å². The Bertz CT molecular complexity index is 495. The number of nitrogens with zero attached hydrogens (tertiary/aromatic N) is 2. The van der Waals surface area contributed by atoms with E-state index in [9.17, 15) is 4.79 Å². The van der Waals surface area contributed by atoms with Crippen LogP contribution in [0.15, 0.2) is 16.7 Å². The van der Waals surface area contributed by atoms with Crippen LogP contribution in [0.3, 0.4) is 0 Å². The fraction of sp³-hybridized carbons (Fsp3) is 0.643. The molecule has 4 nitrogen and oxygen atoms in total. The van der Waals surface area contributed by atoms with Gasteiger partial charge in [-0.3, -0.25) is 4.79 Å². The Kier molecular flexibility index (Phi) is 3.43. The Morgan fingerprint density at radius 2 is 2.16 bits per heavy atom. The van der Waals surface area contributed by atoms with Crippen LogP contribution in [0.4, 0.5) is 0 Å². The number of halogens is 1. The van der Waals surface area contributed by atoms with Crippen LogP contribution >= 0.6 is 15.9 Å². The zero-order chi connectivity index (χ0) is 13.6. The van der Waals surface area contributed by atoms with E-state index >= 15 is 0 Å². The number of aromatic nitrogens is 1. The van der Waals surface area contributed by atoms with Gasteiger partial charge in [0.25, 0.3) is 5.91 Å². The predicted octanol–water partition coefficient (Wildman–Crippen LogP) is 2.39. The van der Waals surface area contributed by atoms with Crippen molar-refractivity contribution >= 4 is 21.8 Å². The smallest absolute Gasteiger partial charge is 0.270 e. The second-order valence-corrected chi connectivity index (χ2v) is 6.78. The summed E-state index contributed by atoms with van der Waals surface area (Å²) in [4.78, 5) is 14.6. The maximum atomic E-state index is 12.7.